The molecule has 0 bridgehead atoms. The number of aliphatic carboxylic acids is 1. The van der Waals surface area contributed by atoms with Gasteiger partial charge >= 0.3 is 5.97 Å². The topological polar surface area (TPSA) is 37.3 Å². The SMILES string of the molecule is CCC(CC(C)c1ccc(CC(=O)O)cc1)c1ccccc1. The minimum absolute atomic E-state index is 0.0935. The van der Waals surface area contributed by atoms with Crippen molar-refractivity contribution in [3.05, 3.63) is 71.3 Å². The maximum absolute atomic E-state index is 10.7. The fourth-order valence-corrected chi connectivity index (χ4v) is 2.97. The zero-order valence-corrected chi connectivity index (χ0v) is 13.3. The summed E-state index contributed by atoms with van der Waals surface area (Å²) >= 11 is 0. The lowest BCUT2D eigenvalue weighted by Crippen LogP contribution is -2.04. The van der Waals surface area contributed by atoms with E-state index in [-0.39, 0.29) is 6.42 Å². The van der Waals surface area contributed by atoms with Crippen LogP contribution in [-0.4, -0.2) is 11.1 Å². The number of hydrogen-bond acceptors (Lipinski definition) is 1. The van der Waals surface area contributed by atoms with Gasteiger partial charge in [0.2, 0.25) is 0 Å². The quantitative estimate of drug-likeness (QED) is 0.780. The van der Waals surface area contributed by atoms with Crippen LogP contribution in [0, 0.1) is 0 Å². The van der Waals surface area contributed by atoms with Gasteiger partial charge in [-0.3, -0.25) is 4.79 Å². The van der Waals surface area contributed by atoms with E-state index in [2.05, 4.69) is 56.3 Å². The number of rotatable bonds is 7. The van der Waals surface area contributed by atoms with Crippen molar-refractivity contribution in [2.45, 2.75) is 44.9 Å². The van der Waals surface area contributed by atoms with E-state index in [9.17, 15) is 4.79 Å². The second-order valence-electron chi connectivity index (χ2n) is 5.96. The molecule has 2 unspecified atom stereocenters. The third-order valence-corrected chi connectivity index (χ3v) is 4.31. The Hall–Kier alpha value is -2.09. The first-order chi connectivity index (χ1) is 10.6. The molecule has 2 aromatic rings. The third kappa shape index (κ3) is 4.45. The van der Waals surface area contributed by atoms with Crippen molar-refractivity contribution in [1.82, 2.24) is 0 Å². The minimum Gasteiger partial charge on any atom is -0.481 e. The molecule has 2 nitrogen and oxygen atoms in total. The van der Waals surface area contributed by atoms with Gasteiger partial charge in [0.1, 0.15) is 0 Å². The molecule has 0 fully saturated rings. The zero-order valence-electron chi connectivity index (χ0n) is 13.3. The van der Waals surface area contributed by atoms with Crippen molar-refractivity contribution in [3.63, 3.8) is 0 Å². The van der Waals surface area contributed by atoms with E-state index in [1.54, 1.807) is 0 Å². The van der Waals surface area contributed by atoms with Crippen LogP contribution in [0.2, 0.25) is 0 Å². The van der Waals surface area contributed by atoms with Crippen LogP contribution in [0.3, 0.4) is 0 Å². The van der Waals surface area contributed by atoms with Gasteiger partial charge in [-0.25, -0.2) is 0 Å². The summed E-state index contributed by atoms with van der Waals surface area (Å²) in [7, 11) is 0. The lowest BCUT2D eigenvalue weighted by Gasteiger charge is -2.20. The van der Waals surface area contributed by atoms with E-state index in [1.807, 2.05) is 12.1 Å². The summed E-state index contributed by atoms with van der Waals surface area (Å²) in [4.78, 5) is 10.7. The second kappa shape index (κ2) is 7.79. The Balaban J connectivity index is 2.04. The molecule has 116 valence electrons. The second-order valence-corrected chi connectivity index (χ2v) is 5.96. The van der Waals surface area contributed by atoms with Crippen molar-refractivity contribution in [1.29, 1.82) is 0 Å². The molecule has 2 atom stereocenters. The molecular weight excluding hydrogens is 272 g/mol. The molecular formula is C20H24O2. The van der Waals surface area contributed by atoms with Crippen LogP contribution in [-0.2, 0) is 11.2 Å². The molecule has 0 aliphatic heterocycles. The van der Waals surface area contributed by atoms with Gasteiger partial charge in [0.15, 0.2) is 0 Å². The third-order valence-electron chi connectivity index (χ3n) is 4.31. The predicted octanol–water partition coefficient (Wildman–Crippen LogP) is 5.00. The average molecular weight is 296 g/mol. The molecule has 0 saturated heterocycles. The molecule has 22 heavy (non-hydrogen) atoms. The van der Waals surface area contributed by atoms with Gasteiger partial charge in [-0.1, -0.05) is 68.4 Å². The van der Waals surface area contributed by atoms with E-state index in [4.69, 9.17) is 5.11 Å². The summed E-state index contributed by atoms with van der Waals surface area (Å²) in [5, 5.41) is 8.82. The van der Waals surface area contributed by atoms with Gasteiger partial charge in [0, 0.05) is 0 Å². The fourth-order valence-electron chi connectivity index (χ4n) is 2.97. The van der Waals surface area contributed by atoms with Gasteiger partial charge in [0.25, 0.3) is 0 Å². The first-order valence-corrected chi connectivity index (χ1v) is 7.95. The highest BCUT2D eigenvalue weighted by Crippen LogP contribution is 2.31. The highest BCUT2D eigenvalue weighted by Gasteiger charge is 2.15. The highest BCUT2D eigenvalue weighted by molar-refractivity contribution is 5.70. The number of hydrogen-bond donors (Lipinski definition) is 1. The monoisotopic (exact) mass is 296 g/mol. The summed E-state index contributed by atoms with van der Waals surface area (Å²) in [6.45, 7) is 4.48. The molecule has 0 aromatic heterocycles. The zero-order chi connectivity index (χ0) is 15.9. The van der Waals surface area contributed by atoms with Crippen LogP contribution in [0.4, 0.5) is 0 Å². The van der Waals surface area contributed by atoms with Gasteiger partial charge < -0.3 is 5.11 Å². The Kier molecular flexibility index (Phi) is 5.76. The van der Waals surface area contributed by atoms with Crippen LogP contribution in [0.15, 0.2) is 54.6 Å². The van der Waals surface area contributed by atoms with Crippen molar-refractivity contribution in [2.75, 3.05) is 0 Å². The summed E-state index contributed by atoms with van der Waals surface area (Å²) < 4.78 is 0. The molecule has 0 amide bonds. The van der Waals surface area contributed by atoms with Crippen LogP contribution in [0.25, 0.3) is 0 Å². The average Bonchev–Trinajstić information content (AvgIpc) is 2.53. The van der Waals surface area contributed by atoms with Gasteiger partial charge in [-0.2, -0.15) is 0 Å². The van der Waals surface area contributed by atoms with Gasteiger partial charge in [-0.15, -0.1) is 0 Å². The minimum atomic E-state index is -0.782. The Bertz CT molecular complexity index is 587. The summed E-state index contributed by atoms with van der Waals surface area (Å²) in [5.74, 6) is 0.245. The first kappa shape index (κ1) is 16.3. The van der Waals surface area contributed by atoms with E-state index in [1.165, 1.54) is 11.1 Å². The van der Waals surface area contributed by atoms with E-state index >= 15 is 0 Å². The number of carbonyl (C=O) groups is 1. The van der Waals surface area contributed by atoms with Crippen LogP contribution in [0.1, 0.15) is 55.2 Å². The first-order valence-electron chi connectivity index (χ1n) is 7.95. The highest BCUT2D eigenvalue weighted by atomic mass is 16.4. The van der Waals surface area contributed by atoms with Crippen molar-refractivity contribution < 1.29 is 9.90 Å². The number of carboxylic acids is 1. The van der Waals surface area contributed by atoms with Gasteiger partial charge in [0.05, 0.1) is 6.42 Å². The van der Waals surface area contributed by atoms with E-state index in [0.717, 1.165) is 18.4 Å². The number of benzene rings is 2. The lowest BCUT2D eigenvalue weighted by atomic mass is 9.84. The molecule has 2 heteroatoms. The van der Waals surface area contributed by atoms with Crippen molar-refractivity contribution >= 4 is 5.97 Å². The molecule has 0 saturated carbocycles. The fraction of sp³-hybridized carbons (Fsp3) is 0.350. The predicted molar refractivity (Wildman–Crippen MR) is 90.3 cm³/mol. The van der Waals surface area contributed by atoms with Crippen LogP contribution in [0.5, 0.6) is 0 Å². The summed E-state index contributed by atoms with van der Waals surface area (Å²) in [6.07, 6.45) is 2.33. The molecule has 0 heterocycles. The molecule has 2 rings (SSSR count). The van der Waals surface area contributed by atoms with E-state index < -0.39 is 5.97 Å². The van der Waals surface area contributed by atoms with E-state index in [0.29, 0.717) is 11.8 Å². The van der Waals surface area contributed by atoms with Crippen molar-refractivity contribution in [3.8, 4) is 0 Å². The Labute approximate surface area is 132 Å². The standard InChI is InChI=1S/C20H24O2/c1-3-17(19-7-5-4-6-8-19)13-15(2)18-11-9-16(10-12-18)14-20(21)22/h4-12,15,17H,3,13-14H2,1-2H3,(H,21,22). The molecule has 0 spiro atoms. The Morgan fingerprint density at radius 2 is 1.64 bits per heavy atom. The van der Waals surface area contributed by atoms with Crippen LogP contribution < -0.4 is 0 Å². The molecule has 0 aliphatic carbocycles. The lowest BCUT2D eigenvalue weighted by molar-refractivity contribution is -0.136. The summed E-state index contributed by atoms with van der Waals surface area (Å²) in [6, 6.07) is 18.7. The molecule has 0 radical (unpaired) electrons. The normalized spacial score (nSPS) is 13.5. The molecule has 0 aliphatic rings. The van der Waals surface area contributed by atoms with Crippen LogP contribution >= 0.6 is 0 Å². The molecule has 2 aromatic carbocycles. The maximum atomic E-state index is 10.7. The Morgan fingerprint density at radius 3 is 2.18 bits per heavy atom. The summed E-state index contributed by atoms with van der Waals surface area (Å²) in [5.41, 5.74) is 3.54. The molecule has 1 N–H and O–H groups in total. The maximum Gasteiger partial charge on any atom is 0.307 e. The number of carboxylic acid groups (broad SMARTS) is 1. The largest absolute Gasteiger partial charge is 0.481 e. The van der Waals surface area contributed by atoms with Gasteiger partial charge in [-0.05, 0) is 41.4 Å². The smallest absolute Gasteiger partial charge is 0.307 e. The van der Waals surface area contributed by atoms with Crippen molar-refractivity contribution in [2.24, 2.45) is 0 Å². The Morgan fingerprint density at radius 1 is 1.00 bits per heavy atom.